The Bertz CT molecular complexity index is 87.7. The van der Waals surface area contributed by atoms with Crippen LogP contribution in [0, 0.1) is 0 Å². The van der Waals surface area contributed by atoms with Gasteiger partial charge < -0.3 is 4.79 Å². The second-order valence-electron chi connectivity index (χ2n) is 1.63. The molecule has 0 aliphatic carbocycles. The van der Waals surface area contributed by atoms with Gasteiger partial charge in [0.05, 0.1) is 4.75 Å². The molecule has 0 aromatic carbocycles. The fourth-order valence-electron chi connectivity index (χ4n) is 0.289. The molecule has 1 aliphatic rings. The lowest BCUT2D eigenvalue weighted by molar-refractivity contribution is -0.108. The topological polar surface area (TPSA) is 17.1 Å². The van der Waals surface area contributed by atoms with Crippen LogP contribution in [0.15, 0.2) is 0 Å². The lowest BCUT2D eigenvalue weighted by atomic mass is 10.3. The first-order valence-corrected chi connectivity index (χ1v) is 3.66. The van der Waals surface area contributed by atoms with Crippen molar-refractivity contribution in [3.8, 4) is 0 Å². The predicted octanol–water partition coefficient (Wildman–Crippen LogP) is 0.601. The summed E-state index contributed by atoms with van der Waals surface area (Å²) in [5.74, 6) is 1.67. The Labute approximate surface area is 52.3 Å². The van der Waals surface area contributed by atoms with Crippen molar-refractivity contribution in [1.82, 2.24) is 0 Å². The highest BCUT2D eigenvalue weighted by Crippen LogP contribution is 2.43. The van der Waals surface area contributed by atoms with Crippen molar-refractivity contribution in [3.63, 3.8) is 0 Å². The van der Waals surface area contributed by atoms with Gasteiger partial charge in [0.2, 0.25) is 0 Å². The fraction of sp³-hybridized carbons (Fsp3) is 0.750. The number of rotatable bonds is 2. The van der Waals surface area contributed by atoms with Gasteiger partial charge in [-0.05, 0) is 0 Å². The maximum Gasteiger partial charge on any atom is 0.137 e. The third-order valence-electron chi connectivity index (χ3n) is 0.998. The van der Waals surface area contributed by atoms with Crippen LogP contribution in [-0.2, 0) is 4.79 Å². The van der Waals surface area contributed by atoms with Gasteiger partial charge in [0.15, 0.2) is 0 Å². The Kier molecular flexibility index (Phi) is 1.34. The molecule has 0 bridgehead atoms. The van der Waals surface area contributed by atoms with Crippen LogP contribution in [0.5, 0.6) is 0 Å². The summed E-state index contributed by atoms with van der Waals surface area (Å²) in [7, 11) is 0. The van der Waals surface area contributed by atoms with Gasteiger partial charge in [-0.2, -0.15) is 12.6 Å². The summed E-state index contributed by atoms with van der Waals surface area (Å²) in [5, 5.41) is 0. The van der Waals surface area contributed by atoms with Crippen LogP contribution in [-0.4, -0.2) is 22.5 Å². The molecular formula is C4H6OS2. The Morgan fingerprint density at radius 3 is 2.57 bits per heavy atom. The van der Waals surface area contributed by atoms with Crippen LogP contribution in [0.25, 0.3) is 0 Å². The van der Waals surface area contributed by atoms with E-state index in [1.54, 1.807) is 11.8 Å². The first kappa shape index (κ1) is 5.51. The van der Waals surface area contributed by atoms with E-state index >= 15 is 0 Å². The molecule has 1 nitrogen and oxygen atoms in total. The van der Waals surface area contributed by atoms with Crippen LogP contribution in [0.3, 0.4) is 0 Å². The summed E-state index contributed by atoms with van der Waals surface area (Å²) in [5.41, 5.74) is 0. The average Bonchev–Trinajstić information content (AvgIpc) is 2.46. The molecule has 0 saturated carbocycles. The molecule has 1 fully saturated rings. The van der Waals surface area contributed by atoms with E-state index in [2.05, 4.69) is 12.6 Å². The molecule has 0 amide bonds. The van der Waals surface area contributed by atoms with Crippen LogP contribution in [0.4, 0.5) is 0 Å². The highest BCUT2D eigenvalue weighted by Gasteiger charge is 2.42. The number of carbonyl (C=O) groups excluding carboxylic acids is 1. The van der Waals surface area contributed by atoms with Crippen LogP contribution in [0.1, 0.15) is 0 Å². The molecular weight excluding hydrogens is 128 g/mol. The van der Waals surface area contributed by atoms with Crippen molar-refractivity contribution in [1.29, 1.82) is 0 Å². The zero-order valence-corrected chi connectivity index (χ0v) is 5.47. The second-order valence-corrected chi connectivity index (χ2v) is 3.34. The molecule has 0 aromatic rings. The van der Waals surface area contributed by atoms with E-state index in [0.29, 0.717) is 5.75 Å². The van der Waals surface area contributed by atoms with Gasteiger partial charge >= 0.3 is 0 Å². The Hall–Kier alpha value is 0.370. The third kappa shape index (κ3) is 0.941. The van der Waals surface area contributed by atoms with Gasteiger partial charge in [-0.15, -0.1) is 11.8 Å². The van der Waals surface area contributed by atoms with E-state index in [1.165, 1.54) is 0 Å². The smallest absolute Gasteiger partial charge is 0.137 e. The van der Waals surface area contributed by atoms with Gasteiger partial charge in [-0.1, -0.05) is 0 Å². The Balaban J connectivity index is 2.42. The molecule has 0 aromatic heterocycles. The number of carbonyl (C=O) groups is 1. The molecule has 0 spiro atoms. The summed E-state index contributed by atoms with van der Waals surface area (Å²) in [6, 6.07) is 0. The monoisotopic (exact) mass is 134 g/mol. The highest BCUT2D eigenvalue weighted by atomic mass is 32.2. The molecule has 1 aliphatic heterocycles. The third-order valence-corrected chi connectivity index (χ3v) is 3.05. The number of hydrogen-bond acceptors (Lipinski definition) is 3. The van der Waals surface area contributed by atoms with E-state index in [0.717, 1.165) is 12.0 Å². The minimum Gasteiger partial charge on any atom is -0.302 e. The van der Waals surface area contributed by atoms with Gasteiger partial charge in [0.25, 0.3) is 0 Å². The molecule has 1 unspecified atom stereocenters. The number of hydrogen-bond donors (Lipinski definition) is 1. The summed E-state index contributed by atoms with van der Waals surface area (Å²) in [6.45, 7) is 0. The minimum atomic E-state index is -0.0664. The molecule has 1 atom stereocenters. The van der Waals surface area contributed by atoms with Gasteiger partial charge in [-0.25, -0.2) is 0 Å². The molecule has 0 N–H and O–H groups in total. The van der Waals surface area contributed by atoms with Crippen molar-refractivity contribution in [2.45, 2.75) is 4.75 Å². The quantitative estimate of drug-likeness (QED) is 0.338. The van der Waals surface area contributed by atoms with Gasteiger partial charge in [0, 0.05) is 11.5 Å². The number of aldehydes is 1. The molecule has 40 valence electrons. The van der Waals surface area contributed by atoms with E-state index in [4.69, 9.17) is 0 Å². The van der Waals surface area contributed by atoms with Gasteiger partial charge in [-0.3, -0.25) is 0 Å². The lowest BCUT2D eigenvalue weighted by Gasteiger charge is -1.92. The van der Waals surface area contributed by atoms with Crippen molar-refractivity contribution < 1.29 is 4.79 Å². The maximum absolute atomic E-state index is 10.1. The van der Waals surface area contributed by atoms with E-state index in [9.17, 15) is 4.79 Å². The van der Waals surface area contributed by atoms with Crippen molar-refractivity contribution in [3.05, 3.63) is 0 Å². The SMILES string of the molecule is O=CC1(CS)CS1. The summed E-state index contributed by atoms with van der Waals surface area (Å²) in [4.78, 5) is 10.1. The molecule has 3 heteroatoms. The maximum atomic E-state index is 10.1. The fourth-order valence-corrected chi connectivity index (χ4v) is 1.42. The van der Waals surface area contributed by atoms with Crippen molar-refractivity contribution >= 4 is 30.7 Å². The Morgan fingerprint density at radius 1 is 2.00 bits per heavy atom. The molecule has 7 heavy (non-hydrogen) atoms. The van der Waals surface area contributed by atoms with Crippen molar-refractivity contribution in [2.24, 2.45) is 0 Å². The molecule has 1 rings (SSSR count). The molecule has 0 radical (unpaired) electrons. The van der Waals surface area contributed by atoms with E-state index in [1.807, 2.05) is 0 Å². The largest absolute Gasteiger partial charge is 0.302 e. The molecule has 1 heterocycles. The normalized spacial score (nSPS) is 37.9. The molecule has 1 saturated heterocycles. The van der Waals surface area contributed by atoms with Crippen LogP contribution < -0.4 is 0 Å². The first-order chi connectivity index (χ1) is 3.33. The van der Waals surface area contributed by atoms with E-state index in [-0.39, 0.29) is 4.75 Å². The Morgan fingerprint density at radius 2 is 2.57 bits per heavy atom. The summed E-state index contributed by atoms with van der Waals surface area (Å²) >= 11 is 5.66. The number of thioether (sulfide) groups is 1. The number of thiol groups is 1. The van der Waals surface area contributed by atoms with E-state index < -0.39 is 0 Å². The van der Waals surface area contributed by atoms with Crippen LogP contribution >= 0.6 is 24.4 Å². The van der Waals surface area contributed by atoms with Crippen molar-refractivity contribution in [2.75, 3.05) is 11.5 Å². The minimum absolute atomic E-state index is 0.0664. The average molecular weight is 134 g/mol. The highest BCUT2D eigenvalue weighted by molar-refractivity contribution is 8.09. The summed E-state index contributed by atoms with van der Waals surface area (Å²) < 4.78 is -0.0664. The standard InChI is InChI=1S/C4H6OS2/c5-1-4(2-6)3-7-4/h1,6H,2-3H2. The predicted molar refractivity (Wildman–Crippen MR) is 35.1 cm³/mol. The zero-order valence-electron chi connectivity index (χ0n) is 3.76. The zero-order chi connectivity index (χ0) is 5.33. The van der Waals surface area contributed by atoms with Crippen LogP contribution in [0.2, 0.25) is 0 Å². The summed E-state index contributed by atoms with van der Waals surface area (Å²) in [6.07, 6.45) is 0.991. The lowest BCUT2D eigenvalue weighted by Crippen LogP contribution is -2.11. The van der Waals surface area contributed by atoms with Gasteiger partial charge in [0.1, 0.15) is 6.29 Å². The second kappa shape index (κ2) is 1.71. The first-order valence-electron chi connectivity index (χ1n) is 2.04.